The number of fused-ring (bicyclic) bond motifs is 1. The van der Waals surface area contributed by atoms with E-state index < -0.39 is 0 Å². The molecule has 0 N–H and O–H groups in total. The van der Waals surface area contributed by atoms with E-state index in [1.54, 1.807) is 23.1 Å². The minimum Gasteiger partial charge on any atom is -0.486 e. The van der Waals surface area contributed by atoms with E-state index >= 15 is 0 Å². The molecule has 0 bridgehead atoms. The summed E-state index contributed by atoms with van der Waals surface area (Å²) in [6.45, 7) is 4.71. The predicted octanol–water partition coefficient (Wildman–Crippen LogP) is 4.35. The van der Waals surface area contributed by atoms with E-state index in [0.29, 0.717) is 50.8 Å². The molecule has 0 aliphatic carbocycles. The maximum Gasteiger partial charge on any atom is 0.289 e. The molecule has 2 aromatic carbocycles. The van der Waals surface area contributed by atoms with Crippen LogP contribution in [0.25, 0.3) is 0 Å². The molecule has 5 rings (SSSR count). The fourth-order valence-electron chi connectivity index (χ4n) is 4.84. The van der Waals surface area contributed by atoms with Crippen LogP contribution in [-0.4, -0.2) is 54.5 Å². The van der Waals surface area contributed by atoms with Crippen molar-refractivity contribution in [3.8, 4) is 5.75 Å². The molecule has 0 spiro atoms. The zero-order chi connectivity index (χ0) is 25.1. The lowest BCUT2D eigenvalue weighted by molar-refractivity contribution is -0.132. The third-order valence-electron chi connectivity index (χ3n) is 6.68. The molecule has 0 radical (unpaired) electrons. The van der Waals surface area contributed by atoms with E-state index in [9.17, 15) is 14.0 Å². The van der Waals surface area contributed by atoms with Gasteiger partial charge in [-0.1, -0.05) is 25.1 Å². The van der Waals surface area contributed by atoms with E-state index in [1.807, 2.05) is 36.1 Å². The summed E-state index contributed by atoms with van der Waals surface area (Å²) in [7, 11) is 0. The number of hydrogen-bond acceptors (Lipinski definition) is 5. The Hall–Kier alpha value is -3.65. The van der Waals surface area contributed by atoms with Crippen LogP contribution in [0.5, 0.6) is 5.75 Å². The van der Waals surface area contributed by atoms with Crippen molar-refractivity contribution in [3.05, 3.63) is 88.6 Å². The topological polar surface area (TPSA) is 72.2 Å². The standard InChI is InChI=1S/C28H29FN2O5/c1-2-26(32)31-11-10-19-6-7-22(17-24(19)27(31)20-4-3-5-21(29)16-20)35-18-23-8-9-25(36-23)28(33)30-12-14-34-15-13-30/h3-9,16-17,27H,2,10-15,18H2,1H3/t27-/m1/s1. The van der Waals surface area contributed by atoms with Crippen LogP contribution in [0.3, 0.4) is 0 Å². The highest BCUT2D eigenvalue weighted by Gasteiger charge is 2.32. The highest BCUT2D eigenvalue weighted by Crippen LogP contribution is 2.38. The van der Waals surface area contributed by atoms with Gasteiger partial charge >= 0.3 is 0 Å². The number of rotatable bonds is 6. The van der Waals surface area contributed by atoms with Crippen molar-refractivity contribution in [2.24, 2.45) is 0 Å². The summed E-state index contributed by atoms with van der Waals surface area (Å²) in [5.41, 5.74) is 2.76. The van der Waals surface area contributed by atoms with Crippen molar-refractivity contribution in [1.82, 2.24) is 9.80 Å². The fourth-order valence-corrected chi connectivity index (χ4v) is 4.84. The molecule has 3 aromatic rings. The Bertz CT molecular complexity index is 1250. The molecule has 1 fully saturated rings. The van der Waals surface area contributed by atoms with Crippen LogP contribution in [0, 0.1) is 5.82 Å². The number of halogens is 1. The molecule has 188 valence electrons. The van der Waals surface area contributed by atoms with E-state index in [4.69, 9.17) is 13.9 Å². The number of benzene rings is 2. The van der Waals surface area contributed by atoms with Crippen molar-refractivity contribution in [3.63, 3.8) is 0 Å². The minimum absolute atomic E-state index is 0.0225. The van der Waals surface area contributed by atoms with Gasteiger partial charge in [0.1, 0.15) is 23.9 Å². The first-order chi connectivity index (χ1) is 17.5. The van der Waals surface area contributed by atoms with Crippen LogP contribution in [-0.2, 0) is 22.6 Å². The van der Waals surface area contributed by atoms with Gasteiger partial charge < -0.3 is 23.7 Å². The van der Waals surface area contributed by atoms with Crippen LogP contribution in [0.1, 0.15) is 52.4 Å². The highest BCUT2D eigenvalue weighted by molar-refractivity contribution is 5.91. The lowest BCUT2D eigenvalue weighted by atomic mass is 9.87. The number of hydrogen-bond donors (Lipinski definition) is 0. The molecule has 0 unspecified atom stereocenters. The first-order valence-corrected chi connectivity index (χ1v) is 12.3. The van der Waals surface area contributed by atoms with Crippen LogP contribution in [0.4, 0.5) is 4.39 Å². The summed E-state index contributed by atoms with van der Waals surface area (Å²) >= 11 is 0. The summed E-state index contributed by atoms with van der Waals surface area (Å²) in [6.07, 6.45) is 1.10. The molecule has 1 aromatic heterocycles. The van der Waals surface area contributed by atoms with Crippen molar-refractivity contribution in [1.29, 1.82) is 0 Å². The van der Waals surface area contributed by atoms with Gasteiger partial charge in [0, 0.05) is 26.1 Å². The normalized spacial score (nSPS) is 17.6. The summed E-state index contributed by atoms with van der Waals surface area (Å²) in [5.74, 6) is 0.954. The average molecular weight is 493 g/mol. The second kappa shape index (κ2) is 10.5. The maximum absolute atomic E-state index is 14.1. The Balaban J connectivity index is 1.35. The third kappa shape index (κ3) is 4.99. The van der Waals surface area contributed by atoms with Gasteiger partial charge in [0.05, 0.1) is 19.3 Å². The average Bonchev–Trinajstić information content (AvgIpc) is 3.40. The van der Waals surface area contributed by atoms with Gasteiger partial charge in [-0.25, -0.2) is 4.39 Å². The van der Waals surface area contributed by atoms with E-state index in [2.05, 4.69) is 0 Å². The van der Waals surface area contributed by atoms with E-state index in [0.717, 1.165) is 23.1 Å². The second-order valence-electron chi connectivity index (χ2n) is 8.97. The summed E-state index contributed by atoms with van der Waals surface area (Å²) in [6, 6.07) is 15.2. The molecule has 2 aliphatic heterocycles. The van der Waals surface area contributed by atoms with Crippen molar-refractivity contribution in [2.75, 3.05) is 32.8 Å². The smallest absolute Gasteiger partial charge is 0.289 e. The number of nitrogens with zero attached hydrogens (tertiary/aromatic N) is 2. The molecule has 3 heterocycles. The largest absolute Gasteiger partial charge is 0.486 e. The maximum atomic E-state index is 14.1. The number of ether oxygens (including phenoxy) is 2. The Morgan fingerprint density at radius 2 is 1.89 bits per heavy atom. The third-order valence-corrected chi connectivity index (χ3v) is 6.68. The molecular weight excluding hydrogens is 463 g/mol. The fraction of sp³-hybridized carbons (Fsp3) is 0.357. The van der Waals surface area contributed by atoms with Crippen molar-refractivity contribution in [2.45, 2.75) is 32.4 Å². The van der Waals surface area contributed by atoms with Crippen LogP contribution >= 0.6 is 0 Å². The molecular formula is C28H29FN2O5. The summed E-state index contributed by atoms with van der Waals surface area (Å²) in [5, 5.41) is 0. The van der Waals surface area contributed by atoms with Gasteiger partial charge in [-0.2, -0.15) is 0 Å². The Kier molecular flexibility index (Phi) is 7.04. The molecule has 1 atom stereocenters. The van der Waals surface area contributed by atoms with Gasteiger partial charge in [-0.3, -0.25) is 9.59 Å². The molecule has 0 saturated carbocycles. The first-order valence-electron chi connectivity index (χ1n) is 12.3. The van der Waals surface area contributed by atoms with Gasteiger partial charge in [-0.05, 0) is 59.5 Å². The van der Waals surface area contributed by atoms with Gasteiger partial charge in [0.2, 0.25) is 5.91 Å². The van der Waals surface area contributed by atoms with E-state index in [1.165, 1.54) is 12.1 Å². The summed E-state index contributed by atoms with van der Waals surface area (Å²) in [4.78, 5) is 28.9. The van der Waals surface area contributed by atoms with Crippen LogP contribution < -0.4 is 4.74 Å². The Labute approximate surface area is 209 Å². The SMILES string of the molecule is CCC(=O)N1CCc2ccc(OCc3ccc(C(=O)N4CCOCC4)o3)cc2[C@H]1c1cccc(F)c1. The second-order valence-corrected chi connectivity index (χ2v) is 8.97. The predicted molar refractivity (Wildman–Crippen MR) is 130 cm³/mol. The molecule has 36 heavy (non-hydrogen) atoms. The van der Waals surface area contributed by atoms with Gasteiger partial charge in [0.15, 0.2) is 5.76 Å². The quantitative estimate of drug-likeness (QED) is 0.512. The summed E-state index contributed by atoms with van der Waals surface area (Å²) < 4.78 is 31.2. The van der Waals surface area contributed by atoms with Crippen molar-refractivity contribution >= 4 is 11.8 Å². The highest BCUT2D eigenvalue weighted by atomic mass is 19.1. The number of amides is 2. The lowest BCUT2D eigenvalue weighted by Gasteiger charge is -2.38. The number of carbonyl (C=O) groups excluding carboxylic acids is 2. The van der Waals surface area contributed by atoms with Gasteiger partial charge in [0.25, 0.3) is 5.91 Å². The molecule has 2 aliphatic rings. The Morgan fingerprint density at radius 1 is 1.06 bits per heavy atom. The molecule has 7 nitrogen and oxygen atoms in total. The molecule has 2 amide bonds. The van der Waals surface area contributed by atoms with Crippen molar-refractivity contribution < 1.29 is 27.9 Å². The van der Waals surface area contributed by atoms with E-state index in [-0.39, 0.29) is 36.0 Å². The monoisotopic (exact) mass is 492 g/mol. The Morgan fingerprint density at radius 3 is 2.67 bits per heavy atom. The molecule has 8 heteroatoms. The van der Waals surface area contributed by atoms with Gasteiger partial charge in [-0.15, -0.1) is 0 Å². The van der Waals surface area contributed by atoms with Crippen LogP contribution in [0.2, 0.25) is 0 Å². The molecule has 1 saturated heterocycles. The number of furan rings is 1. The number of carbonyl (C=O) groups is 2. The lowest BCUT2D eigenvalue weighted by Crippen LogP contribution is -2.40. The minimum atomic E-state index is -0.387. The number of morpholine rings is 1. The zero-order valence-corrected chi connectivity index (χ0v) is 20.2. The zero-order valence-electron chi connectivity index (χ0n) is 20.2. The first kappa shape index (κ1) is 24.1. The van der Waals surface area contributed by atoms with Crippen LogP contribution in [0.15, 0.2) is 59.0 Å².